The first kappa shape index (κ1) is 17.9. The second-order valence-corrected chi connectivity index (χ2v) is 5.92. The maximum absolute atomic E-state index is 11.2. The number of nitrogens with zero attached hydrogens (tertiary/aromatic N) is 3. The summed E-state index contributed by atoms with van der Waals surface area (Å²) in [5, 5.41) is 18.0. The molecule has 0 atom stereocenters. The predicted octanol–water partition coefficient (Wildman–Crippen LogP) is 4.10. The van der Waals surface area contributed by atoms with E-state index in [1.54, 1.807) is 18.2 Å². The number of carbonyl (C=O) groups excluding carboxylic acids is 1. The summed E-state index contributed by atoms with van der Waals surface area (Å²) >= 11 is 0. The molecule has 0 spiro atoms. The Morgan fingerprint density at radius 2 is 1.70 bits per heavy atom. The van der Waals surface area contributed by atoms with Crippen LogP contribution in [0.5, 0.6) is 0 Å². The zero-order chi connectivity index (χ0) is 19.2. The topological polar surface area (TPSA) is 103 Å². The van der Waals surface area contributed by atoms with Crippen LogP contribution in [0.2, 0.25) is 0 Å². The summed E-state index contributed by atoms with van der Waals surface area (Å²) in [6.45, 7) is 3.34. The summed E-state index contributed by atoms with van der Waals surface area (Å²) in [6.07, 6.45) is 0. The molecule has 3 N–H and O–H groups in total. The minimum atomic E-state index is -0.132. The molecule has 1 amide bonds. The number of carbonyl (C=O) groups is 1. The Kier molecular flexibility index (Phi) is 5.28. The van der Waals surface area contributed by atoms with Crippen LogP contribution in [0.25, 0.3) is 0 Å². The zero-order valence-corrected chi connectivity index (χ0v) is 14.9. The van der Waals surface area contributed by atoms with Gasteiger partial charge < -0.3 is 16.0 Å². The van der Waals surface area contributed by atoms with Gasteiger partial charge in [-0.1, -0.05) is 6.07 Å². The molecule has 3 aromatic rings. The number of nitrogens with one attached hydrogen (secondary N) is 3. The SMILES string of the molecule is CC(=O)Nc1cccc(Nc2nc(C)cc(Nc3ccc(C#N)cc3)n2)c1. The lowest BCUT2D eigenvalue weighted by Crippen LogP contribution is -2.06. The maximum Gasteiger partial charge on any atom is 0.229 e. The number of aryl methyl sites for hydroxylation is 1. The van der Waals surface area contributed by atoms with Gasteiger partial charge in [0, 0.05) is 35.7 Å². The first-order valence-electron chi connectivity index (χ1n) is 8.29. The molecule has 0 unspecified atom stereocenters. The largest absolute Gasteiger partial charge is 0.340 e. The van der Waals surface area contributed by atoms with E-state index in [0.717, 1.165) is 17.1 Å². The monoisotopic (exact) mass is 358 g/mol. The number of hydrogen-bond donors (Lipinski definition) is 3. The molecule has 0 aliphatic rings. The summed E-state index contributed by atoms with van der Waals surface area (Å²) in [5.41, 5.74) is 3.67. The van der Waals surface area contributed by atoms with E-state index in [4.69, 9.17) is 5.26 Å². The number of rotatable bonds is 5. The zero-order valence-electron chi connectivity index (χ0n) is 14.9. The maximum atomic E-state index is 11.2. The molecule has 1 aromatic heterocycles. The van der Waals surface area contributed by atoms with E-state index < -0.39 is 0 Å². The molecule has 3 rings (SSSR count). The van der Waals surface area contributed by atoms with Gasteiger partial charge in [-0.05, 0) is 49.4 Å². The third-order valence-electron chi connectivity index (χ3n) is 3.58. The van der Waals surface area contributed by atoms with Crippen molar-refractivity contribution in [3.05, 3.63) is 65.9 Å². The van der Waals surface area contributed by atoms with Crippen molar-refractivity contribution < 1.29 is 4.79 Å². The van der Waals surface area contributed by atoms with Crippen LogP contribution in [-0.4, -0.2) is 15.9 Å². The fraction of sp³-hybridized carbons (Fsp3) is 0.100. The molecule has 0 aliphatic carbocycles. The summed E-state index contributed by atoms with van der Waals surface area (Å²) < 4.78 is 0. The number of hydrogen-bond acceptors (Lipinski definition) is 6. The Hall–Kier alpha value is -3.92. The van der Waals surface area contributed by atoms with Gasteiger partial charge in [-0.25, -0.2) is 4.98 Å². The fourth-order valence-corrected chi connectivity index (χ4v) is 2.47. The van der Waals surface area contributed by atoms with E-state index in [1.165, 1.54) is 6.92 Å². The Labute approximate surface area is 157 Å². The standard InChI is InChI=1S/C20H18N6O/c1-13-10-19(24-16-8-6-15(12-21)7-9-16)26-20(22-13)25-18-5-3-4-17(11-18)23-14(2)27/h3-11H,1-2H3,(H,23,27)(H2,22,24,25,26). The average Bonchev–Trinajstić information content (AvgIpc) is 2.61. The van der Waals surface area contributed by atoms with Crippen molar-refractivity contribution in [2.24, 2.45) is 0 Å². The van der Waals surface area contributed by atoms with Crippen LogP contribution in [0.3, 0.4) is 0 Å². The van der Waals surface area contributed by atoms with Crippen molar-refractivity contribution in [1.29, 1.82) is 5.26 Å². The minimum absolute atomic E-state index is 0.132. The van der Waals surface area contributed by atoms with Crippen LogP contribution in [-0.2, 0) is 4.79 Å². The molecule has 0 saturated carbocycles. The number of anilines is 5. The van der Waals surface area contributed by atoms with Crippen molar-refractivity contribution in [1.82, 2.24) is 9.97 Å². The van der Waals surface area contributed by atoms with Gasteiger partial charge in [0.1, 0.15) is 5.82 Å². The van der Waals surface area contributed by atoms with E-state index in [-0.39, 0.29) is 5.91 Å². The van der Waals surface area contributed by atoms with Gasteiger partial charge >= 0.3 is 0 Å². The van der Waals surface area contributed by atoms with Crippen LogP contribution in [0, 0.1) is 18.3 Å². The molecule has 2 aromatic carbocycles. The Bertz CT molecular complexity index is 1010. The van der Waals surface area contributed by atoms with Crippen LogP contribution in [0.4, 0.5) is 28.8 Å². The average molecular weight is 358 g/mol. The van der Waals surface area contributed by atoms with E-state index >= 15 is 0 Å². The van der Waals surface area contributed by atoms with Gasteiger partial charge in [0.15, 0.2) is 0 Å². The van der Waals surface area contributed by atoms with Gasteiger partial charge in [-0.15, -0.1) is 0 Å². The number of amides is 1. The van der Waals surface area contributed by atoms with E-state index in [9.17, 15) is 4.79 Å². The number of aromatic nitrogens is 2. The first-order valence-corrected chi connectivity index (χ1v) is 8.29. The first-order chi connectivity index (χ1) is 13.0. The van der Waals surface area contributed by atoms with Crippen LogP contribution in [0.1, 0.15) is 18.2 Å². The molecule has 0 saturated heterocycles. The lowest BCUT2D eigenvalue weighted by Gasteiger charge is -2.11. The van der Waals surface area contributed by atoms with E-state index in [1.807, 2.05) is 43.3 Å². The number of nitriles is 1. The molecule has 0 fully saturated rings. The third-order valence-corrected chi connectivity index (χ3v) is 3.58. The van der Waals surface area contributed by atoms with E-state index in [0.29, 0.717) is 23.0 Å². The minimum Gasteiger partial charge on any atom is -0.340 e. The normalized spacial score (nSPS) is 9.96. The quantitative estimate of drug-likeness (QED) is 0.634. The molecular weight excluding hydrogens is 340 g/mol. The Morgan fingerprint density at radius 3 is 2.41 bits per heavy atom. The lowest BCUT2D eigenvalue weighted by atomic mass is 10.2. The fourth-order valence-electron chi connectivity index (χ4n) is 2.47. The molecular formula is C20H18N6O. The van der Waals surface area contributed by atoms with Crippen LogP contribution in [0.15, 0.2) is 54.6 Å². The summed E-state index contributed by atoms with van der Waals surface area (Å²) in [7, 11) is 0. The van der Waals surface area contributed by atoms with Crippen molar-refractivity contribution in [2.75, 3.05) is 16.0 Å². The van der Waals surface area contributed by atoms with Crippen LogP contribution < -0.4 is 16.0 Å². The second kappa shape index (κ2) is 7.97. The molecule has 7 heteroatoms. The predicted molar refractivity (Wildman–Crippen MR) is 105 cm³/mol. The van der Waals surface area contributed by atoms with Gasteiger partial charge in [-0.3, -0.25) is 4.79 Å². The van der Waals surface area contributed by atoms with Crippen molar-refractivity contribution >= 4 is 34.7 Å². The van der Waals surface area contributed by atoms with Crippen molar-refractivity contribution in [3.8, 4) is 6.07 Å². The van der Waals surface area contributed by atoms with Gasteiger partial charge in [0.2, 0.25) is 11.9 Å². The highest BCUT2D eigenvalue weighted by Crippen LogP contribution is 2.21. The lowest BCUT2D eigenvalue weighted by molar-refractivity contribution is -0.114. The van der Waals surface area contributed by atoms with Gasteiger partial charge in [-0.2, -0.15) is 10.2 Å². The van der Waals surface area contributed by atoms with Crippen LogP contribution >= 0.6 is 0 Å². The highest BCUT2D eigenvalue weighted by Gasteiger charge is 2.05. The highest BCUT2D eigenvalue weighted by atomic mass is 16.1. The van der Waals surface area contributed by atoms with Crippen molar-refractivity contribution in [3.63, 3.8) is 0 Å². The highest BCUT2D eigenvalue weighted by molar-refractivity contribution is 5.89. The third kappa shape index (κ3) is 5.03. The summed E-state index contributed by atoms with van der Waals surface area (Å²) in [4.78, 5) is 20.1. The van der Waals surface area contributed by atoms with Gasteiger partial charge in [0.05, 0.1) is 11.6 Å². The van der Waals surface area contributed by atoms with Gasteiger partial charge in [0.25, 0.3) is 0 Å². The van der Waals surface area contributed by atoms with Crippen molar-refractivity contribution in [2.45, 2.75) is 13.8 Å². The summed E-state index contributed by atoms with van der Waals surface area (Å²) in [6, 6.07) is 18.3. The molecule has 0 bridgehead atoms. The second-order valence-electron chi connectivity index (χ2n) is 5.92. The molecule has 7 nitrogen and oxygen atoms in total. The Balaban J connectivity index is 1.79. The molecule has 0 aliphatic heterocycles. The molecule has 27 heavy (non-hydrogen) atoms. The summed E-state index contributed by atoms with van der Waals surface area (Å²) in [5.74, 6) is 0.937. The Morgan fingerprint density at radius 1 is 0.963 bits per heavy atom. The molecule has 134 valence electrons. The smallest absolute Gasteiger partial charge is 0.229 e. The molecule has 1 heterocycles. The number of benzene rings is 2. The molecule has 0 radical (unpaired) electrons. The van der Waals surface area contributed by atoms with E-state index in [2.05, 4.69) is 32.0 Å².